The summed E-state index contributed by atoms with van der Waals surface area (Å²) in [5, 5.41) is 10.7. The van der Waals surface area contributed by atoms with Gasteiger partial charge in [0.1, 0.15) is 19.3 Å². The summed E-state index contributed by atoms with van der Waals surface area (Å²) in [7, 11) is -9.94. The predicted octanol–water partition coefficient (Wildman–Crippen LogP) is 29.9. The zero-order valence-corrected chi connectivity index (χ0v) is 77.0. The van der Waals surface area contributed by atoms with Crippen LogP contribution in [0.4, 0.5) is 0 Å². The molecule has 0 aliphatic rings. The summed E-state index contributed by atoms with van der Waals surface area (Å²) in [6.07, 6.45) is 84.9. The smallest absolute Gasteiger partial charge is 0.462 e. The molecule has 17 nitrogen and oxygen atoms in total. The van der Waals surface area contributed by atoms with Crippen molar-refractivity contribution in [3.05, 3.63) is 0 Å². The minimum absolute atomic E-state index is 0.109. The van der Waals surface area contributed by atoms with Gasteiger partial charge in [-0.2, -0.15) is 0 Å². The van der Waals surface area contributed by atoms with Crippen molar-refractivity contribution in [2.24, 2.45) is 5.92 Å². The second kappa shape index (κ2) is 87.4. The summed E-state index contributed by atoms with van der Waals surface area (Å²) in [5.74, 6) is -1.29. The van der Waals surface area contributed by atoms with Gasteiger partial charge in [-0.3, -0.25) is 37.3 Å². The van der Waals surface area contributed by atoms with Crippen LogP contribution in [0.3, 0.4) is 0 Å². The molecule has 0 saturated heterocycles. The van der Waals surface area contributed by atoms with E-state index in [0.717, 1.165) is 95.8 Å². The van der Waals surface area contributed by atoms with Crippen molar-refractivity contribution in [1.82, 2.24) is 0 Å². The van der Waals surface area contributed by atoms with Crippen LogP contribution in [0.5, 0.6) is 0 Å². The molecule has 0 rings (SSSR count). The van der Waals surface area contributed by atoms with Gasteiger partial charge in [0.15, 0.2) is 12.2 Å². The molecule has 0 aromatic heterocycles. The van der Waals surface area contributed by atoms with Crippen molar-refractivity contribution in [3.63, 3.8) is 0 Å². The molecule has 0 aliphatic carbocycles. The SMILES string of the molecule is CCCCCCCCCCCCCCCCCCCCCCCCC(=O)OC[C@H](COP(=O)(O)OC[C@@H](O)COP(=O)(O)OC[C@@H](COC(=O)CCCCCCCCCCCCCC)OC(=O)CCCCCCCCCCCCCCCCCC(C)C)OC(=O)CCCCCCCCCCCCCCCCCCCCCCCC. The van der Waals surface area contributed by atoms with E-state index < -0.39 is 97.5 Å². The molecule has 0 aromatic carbocycles. The van der Waals surface area contributed by atoms with E-state index in [1.165, 1.54) is 347 Å². The number of unbranched alkanes of at least 4 members (excludes halogenated alkanes) is 67. The lowest BCUT2D eigenvalue weighted by molar-refractivity contribution is -0.161. The summed E-state index contributed by atoms with van der Waals surface area (Å²) in [4.78, 5) is 73.5. The summed E-state index contributed by atoms with van der Waals surface area (Å²) in [6, 6.07) is 0. The van der Waals surface area contributed by atoms with Crippen LogP contribution in [0.25, 0.3) is 0 Å². The maximum Gasteiger partial charge on any atom is 0.472 e. The van der Waals surface area contributed by atoms with Crippen LogP contribution in [-0.4, -0.2) is 96.7 Å². The largest absolute Gasteiger partial charge is 0.472 e. The first kappa shape index (κ1) is 112. The Bertz CT molecular complexity index is 2150. The monoisotopic (exact) mass is 1660 g/mol. The third kappa shape index (κ3) is 87.9. The molecule has 0 radical (unpaired) electrons. The van der Waals surface area contributed by atoms with Crippen LogP contribution >= 0.6 is 15.6 Å². The standard InChI is InChI=1S/C95H186O17P2/c1-6-9-12-15-18-21-24-27-29-31-33-35-37-39-41-45-49-54-59-64-69-74-79-93(98)106-85-91(112-94(99)80-75-70-65-60-55-50-46-42-40-38-36-34-32-30-28-25-22-19-16-13-10-7-2)87-110-114(103,104)108-83-89(96)82-107-113(101,102)109-86-90(84-105-92(97)78-73-68-63-58-53-26-23-20-17-14-11-8-3)111-95(100)81-76-71-66-61-56-51-47-43-44-48-52-57-62-67-72-77-88(4)5/h88-91,96H,6-87H2,1-5H3,(H,101,102)(H,103,104)/t89-,90+,91+/m0/s1. The molecule has 0 aromatic rings. The number of aliphatic hydroxyl groups is 1. The number of carbonyl (C=O) groups is 4. The van der Waals surface area contributed by atoms with Crippen LogP contribution in [-0.2, 0) is 65.4 Å². The van der Waals surface area contributed by atoms with Crippen LogP contribution in [0.15, 0.2) is 0 Å². The molecule has 0 fully saturated rings. The summed E-state index contributed by atoms with van der Waals surface area (Å²) in [5.41, 5.74) is 0. The third-order valence-electron chi connectivity index (χ3n) is 22.5. The molecule has 0 saturated carbocycles. The zero-order chi connectivity index (χ0) is 83.3. The Morgan fingerprint density at radius 2 is 0.404 bits per heavy atom. The van der Waals surface area contributed by atoms with E-state index >= 15 is 0 Å². The van der Waals surface area contributed by atoms with Crippen LogP contribution in [0, 0.1) is 5.92 Å². The molecule has 0 aliphatic heterocycles. The molecule has 5 atom stereocenters. The molecule has 0 amide bonds. The van der Waals surface area contributed by atoms with Crippen molar-refractivity contribution in [2.75, 3.05) is 39.6 Å². The fourth-order valence-electron chi connectivity index (χ4n) is 15.1. The van der Waals surface area contributed by atoms with Crippen LogP contribution in [0.2, 0.25) is 0 Å². The highest BCUT2D eigenvalue weighted by atomic mass is 31.2. The molecule has 3 N–H and O–H groups in total. The highest BCUT2D eigenvalue weighted by Crippen LogP contribution is 2.45. The molecule has 19 heteroatoms. The minimum atomic E-state index is -4.97. The van der Waals surface area contributed by atoms with Crippen molar-refractivity contribution in [2.45, 2.75) is 541 Å². The fourth-order valence-corrected chi connectivity index (χ4v) is 16.6. The van der Waals surface area contributed by atoms with Crippen LogP contribution < -0.4 is 0 Å². The number of rotatable bonds is 95. The number of phosphoric ester groups is 2. The Kier molecular flexibility index (Phi) is 85.9. The highest BCUT2D eigenvalue weighted by molar-refractivity contribution is 7.47. The Balaban J connectivity index is 5.23. The molecule has 0 spiro atoms. The molecule has 114 heavy (non-hydrogen) atoms. The van der Waals surface area contributed by atoms with Crippen LogP contribution in [0.1, 0.15) is 523 Å². The van der Waals surface area contributed by atoms with Crippen molar-refractivity contribution in [1.29, 1.82) is 0 Å². The summed E-state index contributed by atoms with van der Waals surface area (Å²) >= 11 is 0. The van der Waals surface area contributed by atoms with Gasteiger partial charge in [-0.25, -0.2) is 9.13 Å². The lowest BCUT2D eigenvalue weighted by Crippen LogP contribution is -2.30. The van der Waals surface area contributed by atoms with Crippen molar-refractivity contribution in [3.8, 4) is 0 Å². The number of hydrogen-bond donors (Lipinski definition) is 3. The lowest BCUT2D eigenvalue weighted by Gasteiger charge is -2.21. The Morgan fingerprint density at radius 1 is 0.237 bits per heavy atom. The quantitative estimate of drug-likeness (QED) is 0.0222. The second-order valence-corrected chi connectivity index (χ2v) is 37.5. The molecule has 2 unspecified atom stereocenters. The van der Waals surface area contributed by atoms with Crippen molar-refractivity contribution < 1.29 is 80.2 Å². The van der Waals surface area contributed by atoms with E-state index in [4.69, 9.17) is 37.0 Å². The van der Waals surface area contributed by atoms with E-state index in [1.54, 1.807) is 0 Å². The maximum absolute atomic E-state index is 13.2. The number of hydrogen-bond acceptors (Lipinski definition) is 15. The lowest BCUT2D eigenvalue weighted by atomic mass is 10.0. The molecule has 0 heterocycles. The summed E-state index contributed by atoms with van der Waals surface area (Å²) in [6.45, 7) is 7.44. The van der Waals surface area contributed by atoms with E-state index in [2.05, 4.69) is 34.6 Å². The number of carbonyl (C=O) groups excluding carboxylic acids is 4. The van der Waals surface area contributed by atoms with Gasteiger partial charge in [-0.05, 0) is 31.6 Å². The molecule has 678 valence electrons. The molecular weight excluding hydrogens is 1470 g/mol. The first-order chi connectivity index (χ1) is 55.5. The van der Waals surface area contributed by atoms with Gasteiger partial charge in [0.05, 0.1) is 26.4 Å². The average Bonchev–Trinajstić information content (AvgIpc) is 0.899. The molecule has 0 bridgehead atoms. The summed E-state index contributed by atoms with van der Waals surface area (Å²) < 4.78 is 69.2. The van der Waals surface area contributed by atoms with Gasteiger partial charge >= 0.3 is 39.5 Å². The number of esters is 4. The van der Waals surface area contributed by atoms with Gasteiger partial charge in [0.2, 0.25) is 0 Å². The minimum Gasteiger partial charge on any atom is -0.462 e. The van der Waals surface area contributed by atoms with E-state index in [-0.39, 0.29) is 25.7 Å². The highest BCUT2D eigenvalue weighted by Gasteiger charge is 2.31. The Hall–Kier alpha value is -1.94. The Morgan fingerprint density at radius 3 is 0.596 bits per heavy atom. The van der Waals surface area contributed by atoms with Crippen molar-refractivity contribution >= 4 is 39.5 Å². The normalized spacial score (nSPS) is 13.6. The first-order valence-corrected chi connectivity index (χ1v) is 52.1. The zero-order valence-electron chi connectivity index (χ0n) is 75.2. The third-order valence-corrected chi connectivity index (χ3v) is 24.4. The number of aliphatic hydroxyl groups excluding tert-OH is 1. The number of phosphoric acid groups is 2. The Labute approximate surface area is 702 Å². The fraction of sp³-hybridized carbons (Fsp3) is 0.958. The second-order valence-electron chi connectivity index (χ2n) is 34.6. The first-order valence-electron chi connectivity index (χ1n) is 49.1. The number of ether oxygens (including phenoxy) is 4. The average molecular weight is 1660 g/mol. The van der Waals surface area contributed by atoms with Gasteiger partial charge in [0, 0.05) is 25.7 Å². The van der Waals surface area contributed by atoms with Gasteiger partial charge < -0.3 is 33.8 Å². The predicted molar refractivity (Wildman–Crippen MR) is 474 cm³/mol. The van der Waals surface area contributed by atoms with E-state index in [9.17, 15) is 43.2 Å². The topological polar surface area (TPSA) is 237 Å². The van der Waals surface area contributed by atoms with Gasteiger partial charge in [-0.15, -0.1) is 0 Å². The van der Waals surface area contributed by atoms with E-state index in [1.807, 2.05) is 0 Å². The van der Waals surface area contributed by atoms with Gasteiger partial charge in [0.25, 0.3) is 0 Å². The maximum atomic E-state index is 13.2. The van der Waals surface area contributed by atoms with Gasteiger partial charge in [-0.1, -0.05) is 471 Å². The van der Waals surface area contributed by atoms with E-state index in [0.29, 0.717) is 25.7 Å². The molecular formula is C95H186O17P2.